The lowest BCUT2D eigenvalue weighted by Gasteiger charge is -2.11. The Morgan fingerprint density at radius 3 is 2.89 bits per heavy atom. The first-order chi connectivity index (χ1) is 8.81. The van der Waals surface area contributed by atoms with E-state index in [-0.39, 0.29) is 0 Å². The van der Waals surface area contributed by atoms with Crippen LogP contribution in [0.15, 0.2) is 30.3 Å². The van der Waals surface area contributed by atoms with Gasteiger partial charge in [0, 0.05) is 15.6 Å². The molecule has 1 aromatic heterocycles. The number of rotatable bonds is 7. The summed E-state index contributed by atoms with van der Waals surface area (Å²) >= 11 is 3.84. The third kappa shape index (κ3) is 3.74. The van der Waals surface area contributed by atoms with Gasteiger partial charge in [0.05, 0.1) is 0 Å². The van der Waals surface area contributed by atoms with Crippen molar-refractivity contribution in [2.24, 2.45) is 0 Å². The first kappa shape index (κ1) is 13.9. The van der Waals surface area contributed by atoms with Crippen LogP contribution < -0.4 is 5.32 Å². The number of fused-ring (bicyclic) bond motifs is 1. The highest BCUT2D eigenvalue weighted by molar-refractivity contribution is 7.98. The minimum atomic E-state index is 0.469. The first-order valence-corrected chi connectivity index (χ1v) is 8.73. The summed E-state index contributed by atoms with van der Waals surface area (Å²) in [5.74, 6) is 1.28. The van der Waals surface area contributed by atoms with Crippen molar-refractivity contribution in [1.82, 2.24) is 5.32 Å². The van der Waals surface area contributed by atoms with E-state index in [4.69, 9.17) is 0 Å². The number of thiophene rings is 1. The molecule has 0 saturated carbocycles. The highest BCUT2D eigenvalue weighted by Crippen LogP contribution is 2.29. The van der Waals surface area contributed by atoms with Gasteiger partial charge in [0.25, 0.3) is 0 Å². The van der Waals surface area contributed by atoms with Crippen LogP contribution >= 0.6 is 23.1 Å². The van der Waals surface area contributed by atoms with Crippen molar-refractivity contribution in [3.05, 3.63) is 35.2 Å². The lowest BCUT2D eigenvalue weighted by atomic mass is 10.2. The molecule has 0 amide bonds. The van der Waals surface area contributed by atoms with Gasteiger partial charge < -0.3 is 5.32 Å². The highest BCUT2D eigenvalue weighted by Gasteiger charge is 2.08. The lowest BCUT2D eigenvalue weighted by molar-refractivity contribution is 0.562. The van der Waals surface area contributed by atoms with E-state index in [0.29, 0.717) is 6.04 Å². The average molecular weight is 279 g/mol. The number of hydrogen-bond donors (Lipinski definition) is 1. The molecular weight excluding hydrogens is 258 g/mol. The summed E-state index contributed by atoms with van der Waals surface area (Å²) in [6, 6.07) is 11.4. The van der Waals surface area contributed by atoms with Crippen LogP contribution in [0.1, 0.15) is 30.7 Å². The second kappa shape index (κ2) is 7.17. The van der Waals surface area contributed by atoms with Crippen LogP contribution in [0.4, 0.5) is 0 Å². The van der Waals surface area contributed by atoms with Crippen molar-refractivity contribution < 1.29 is 0 Å². The maximum Gasteiger partial charge on any atom is 0.0386 e. The average Bonchev–Trinajstić information content (AvgIpc) is 2.82. The molecule has 98 valence electrons. The minimum absolute atomic E-state index is 0.469. The SMILES string of the molecule is CSCCCCNC(C)c1cc2ccccc2s1. The standard InChI is InChI=1S/C15H21NS2/c1-12(16-9-5-6-10-17-2)15-11-13-7-3-4-8-14(13)18-15/h3-4,7-8,11-12,16H,5-6,9-10H2,1-2H3. The van der Waals surface area contributed by atoms with E-state index in [1.165, 1.54) is 33.6 Å². The monoisotopic (exact) mass is 279 g/mol. The topological polar surface area (TPSA) is 12.0 Å². The summed E-state index contributed by atoms with van der Waals surface area (Å²) in [5, 5.41) is 4.99. The molecule has 1 nitrogen and oxygen atoms in total. The predicted molar refractivity (Wildman–Crippen MR) is 85.9 cm³/mol. The van der Waals surface area contributed by atoms with E-state index in [9.17, 15) is 0 Å². The molecule has 0 aliphatic carbocycles. The van der Waals surface area contributed by atoms with Gasteiger partial charge in [-0.15, -0.1) is 11.3 Å². The Morgan fingerprint density at radius 2 is 2.11 bits per heavy atom. The second-order valence-corrected chi connectivity index (χ2v) is 6.66. The van der Waals surface area contributed by atoms with Gasteiger partial charge in [-0.05, 0) is 55.8 Å². The minimum Gasteiger partial charge on any atom is -0.309 e. The molecule has 0 fully saturated rings. The van der Waals surface area contributed by atoms with Crippen LogP contribution in [-0.4, -0.2) is 18.6 Å². The van der Waals surface area contributed by atoms with E-state index in [2.05, 4.69) is 48.8 Å². The van der Waals surface area contributed by atoms with Crippen LogP contribution in [0.2, 0.25) is 0 Å². The Kier molecular flexibility index (Phi) is 5.54. The molecule has 1 unspecified atom stereocenters. The smallest absolute Gasteiger partial charge is 0.0386 e. The van der Waals surface area contributed by atoms with E-state index in [1.807, 2.05) is 23.1 Å². The molecular formula is C15H21NS2. The third-order valence-electron chi connectivity index (χ3n) is 3.10. The summed E-state index contributed by atoms with van der Waals surface area (Å²) in [6.07, 6.45) is 4.76. The predicted octanol–water partition coefficient (Wildman–Crippen LogP) is 4.70. The molecule has 0 aliphatic heterocycles. The molecule has 1 atom stereocenters. The molecule has 1 heterocycles. The van der Waals surface area contributed by atoms with E-state index in [1.54, 1.807) is 0 Å². The fourth-order valence-corrected chi connectivity index (χ4v) is 3.59. The number of thioether (sulfide) groups is 1. The van der Waals surface area contributed by atoms with Gasteiger partial charge in [-0.2, -0.15) is 11.8 Å². The fourth-order valence-electron chi connectivity index (χ4n) is 2.01. The highest BCUT2D eigenvalue weighted by atomic mass is 32.2. The van der Waals surface area contributed by atoms with Crippen molar-refractivity contribution >= 4 is 33.2 Å². The van der Waals surface area contributed by atoms with Crippen LogP contribution in [0.5, 0.6) is 0 Å². The summed E-state index contributed by atoms with van der Waals surface area (Å²) in [6.45, 7) is 3.38. The Morgan fingerprint density at radius 1 is 1.28 bits per heavy atom. The van der Waals surface area contributed by atoms with E-state index < -0.39 is 0 Å². The Labute approximate surface area is 118 Å². The second-order valence-electron chi connectivity index (χ2n) is 4.56. The molecule has 2 aromatic rings. The molecule has 0 bridgehead atoms. The fraction of sp³-hybridized carbons (Fsp3) is 0.467. The number of hydrogen-bond acceptors (Lipinski definition) is 3. The maximum absolute atomic E-state index is 3.62. The zero-order valence-electron chi connectivity index (χ0n) is 11.1. The third-order valence-corrected chi connectivity index (χ3v) is 5.09. The van der Waals surface area contributed by atoms with Crippen molar-refractivity contribution in [3.63, 3.8) is 0 Å². The summed E-state index contributed by atoms with van der Waals surface area (Å²) in [5.41, 5.74) is 0. The van der Waals surface area contributed by atoms with Crippen LogP contribution in [0, 0.1) is 0 Å². The van der Waals surface area contributed by atoms with Crippen molar-refractivity contribution in [1.29, 1.82) is 0 Å². The number of benzene rings is 1. The molecule has 0 aliphatic rings. The van der Waals surface area contributed by atoms with Crippen LogP contribution in [0.3, 0.4) is 0 Å². The van der Waals surface area contributed by atoms with Gasteiger partial charge in [-0.25, -0.2) is 0 Å². The zero-order chi connectivity index (χ0) is 12.8. The summed E-state index contributed by atoms with van der Waals surface area (Å²) in [4.78, 5) is 1.45. The molecule has 1 N–H and O–H groups in total. The Balaban J connectivity index is 1.86. The normalized spacial score (nSPS) is 13.0. The molecule has 0 spiro atoms. The van der Waals surface area contributed by atoms with Gasteiger partial charge in [0.1, 0.15) is 0 Å². The van der Waals surface area contributed by atoms with Gasteiger partial charge in [0.2, 0.25) is 0 Å². The van der Waals surface area contributed by atoms with Crippen LogP contribution in [0.25, 0.3) is 10.1 Å². The quantitative estimate of drug-likeness (QED) is 0.738. The van der Waals surface area contributed by atoms with Gasteiger partial charge in [0.15, 0.2) is 0 Å². The lowest BCUT2D eigenvalue weighted by Crippen LogP contribution is -2.19. The van der Waals surface area contributed by atoms with Gasteiger partial charge >= 0.3 is 0 Å². The Bertz CT molecular complexity index is 445. The molecule has 2 rings (SSSR count). The van der Waals surface area contributed by atoms with E-state index >= 15 is 0 Å². The molecule has 3 heteroatoms. The van der Waals surface area contributed by atoms with Crippen molar-refractivity contribution in [3.8, 4) is 0 Å². The van der Waals surface area contributed by atoms with Crippen molar-refractivity contribution in [2.75, 3.05) is 18.6 Å². The first-order valence-electron chi connectivity index (χ1n) is 6.52. The Hall–Kier alpha value is -0.510. The van der Waals surface area contributed by atoms with Gasteiger partial charge in [-0.3, -0.25) is 0 Å². The van der Waals surface area contributed by atoms with Crippen LogP contribution in [-0.2, 0) is 0 Å². The largest absolute Gasteiger partial charge is 0.309 e. The van der Waals surface area contributed by atoms with E-state index in [0.717, 1.165) is 6.54 Å². The van der Waals surface area contributed by atoms with Crippen molar-refractivity contribution in [2.45, 2.75) is 25.8 Å². The molecule has 18 heavy (non-hydrogen) atoms. The molecule has 0 radical (unpaired) electrons. The summed E-state index contributed by atoms with van der Waals surface area (Å²) < 4.78 is 1.39. The van der Waals surface area contributed by atoms with Gasteiger partial charge in [-0.1, -0.05) is 18.2 Å². The summed E-state index contributed by atoms with van der Waals surface area (Å²) in [7, 11) is 0. The zero-order valence-corrected chi connectivity index (χ0v) is 12.7. The number of unbranched alkanes of at least 4 members (excludes halogenated alkanes) is 1. The number of nitrogens with one attached hydrogen (secondary N) is 1. The molecule has 1 aromatic carbocycles. The maximum atomic E-state index is 3.62. The molecule has 0 saturated heterocycles.